The number of halogens is 1. The van der Waals surface area contributed by atoms with Gasteiger partial charge in [-0.05, 0) is 70.0 Å². The van der Waals surface area contributed by atoms with Crippen molar-refractivity contribution in [3.05, 3.63) is 53.2 Å². The first-order chi connectivity index (χ1) is 13.0. The molecular formula is C21H26ClN3O2. The lowest BCUT2D eigenvalue weighted by atomic mass is 9.97. The first-order valence-corrected chi connectivity index (χ1v) is 9.79. The summed E-state index contributed by atoms with van der Waals surface area (Å²) in [6.45, 7) is 7.32. The summed E-state index contributed by atoms with van der Waals surface area (Å²) in [6, 6.07) is 11.3. The molecule has 1 aliphatic heterocycles. The molecule has 27 heavy (non-hydrogen) atoms. The van der Waals surface area contributed by atoms with Crippen molar-refractivity contribution < 1.29 is 9.53 Å². The number of piperidine rings is 1. The molecule has 1 amide bonds. The van der Waals surface area contributed by atoms with Crippen LogP contribution >= 0.6 is 11.6 Å². The molecule has 0 atom stereocenters. The van der Waals surface area contributed by atoms with Crippen molar-refractivity contribution in [2.24, 2.45) is 5.92 Å². The number of carbonyl (C=O) groups is 1. The Morgan fingerprint density at radius 1 is 1.26 bits per heavy atom. The highest BCUT2D eigenvalue weighted by molar-refractivity contribution is 6.30. The molecule has 1 aromatic carbocycles. The zero-order chi connectivity index (χ0) is 19.2. The van der Waals surface area contributed by atoms with Gasteiger partial charge in [0.2, 0.25) is 0 Å². The Kier molecular flexibility index (Phi) is 6.69. The predicted octanol–water partition coefficient (Wildman–Crippen LogP) is 4.49. The van der Waals surface area contributed by atoms with E-state index in [9.17, 15) is 4.79 Å². The van der Waals surface area contributed by atoms with Gasteiger partial charge in [0.25, 0.3) is 5.91 Å². The number of amides is 1. The van der Waals surface area contributed by atoms with Crippen LogP contribution < -0.4 is 10.1 Å². The average molecular weight is 388 g/mol. The highest BCUT2D eigenvalue weighted by Gasteiger charge is 2.22. The maximum absolute atomic E-state index is 12.6. The summed E-state index contributed by atoms with van der Waals surface area (Å²) in [4.78, 5) is 19.2. The summed E-state index contributed by atoms with van der Waals surface area (Å²) in [5.41, 5.74) is 0.508. The maximum atomic E-state index is 12.6. The summed E-state index contributed by atoms with van der Waals surface area (Å²) in [5, 5.41) is 3.31. The van der Waals surface area contributed by atoms with Crippen LogP contribution in [-0.2, 0) is 0 Å². The Morgan fingerprint density at radius 2 is 2.00 bits per heavy atom. The number of nitrogens with one attached hydrogen (secondary N) is 1. The van der Waals surface area contributed by atoms with Crippen LogP contribution in [0.1, 0.15) is 37.0 Å². The van der Waals surface area contributed by atoms with Gasteiger partial charge in [-0.2, -0.15) is 0 Å². The highest BCUT2D eigenvalue weighted by atomic mass is 35.5. The molecule has 0 unspecified atom stereocenters. The van der Waals surface area contributed by atoms with Crippen LogP contribution in [0.25, 0.3) is 0 Å². The fourth-order valence-corrected chi connectivity index (χ4v) is 3.37. The number of rotatable bonds is 6. The maximum Gasteiger partial charge on any atom is 0.260 e. The van der Waals surface area contributed by atoms with E-state index in [0.717, 1.165) is 25.9 Å². The van der Waals surface area contributed by atoms with Crippen molar-refractivity contribution in [3.8, 4) is 5.75 Å². The minimum atomic E-state index is -0.241. The monoisotopic (exact) mass is 387 g/mol. The van der Waals surface area contributed by atoms with Crippen molar-refractivity contribution >= 4 is 23.3 Å². The minimum absolute atomic E-state index is 0.241. The van der Waals surface area contributed by atoms with E-state index in [1.54, 1.807) is 18.2 Å². The van der Waals surface area contributed by atoms with Gasteiger partial charge in [0, 0.05) is 12.2 Å². The normalized spacial score (nSPS) is 15.7. The van der Waals surface area contributed by atoms with E-state index in [1.165, 1.54) is 6.20 Å². The van der Waals surface area contributed by atoms with Crippen LogP contribution in [-0.4, -0.2) is 41.5 Å². The van der Waals surface area contributed by atoms with Crippen LogP contribution in [0.15, 0.2) is 42.6 Å². The van der Waals surface area contributed by atoms with Gasteiger partial charge in [0.1, 0.15) is 11.6 Å². The van der Waals surface area contributed by atoms with Crippen LogP contribution in [0, 0.1) is 5.92 Å². The van der Waals surface area contributed by atoms with Crippen LogP contribution in [0.3, 0.4) is 0 Å². The molecule has 5 nitrogen and oxygen atoms in total. The molecule has 1 N–H and O–H groups in total. The molecule has 0 radical (unpaired) electrons. The molecule has 0 bridgehead atoms. The third kappa shape index (κ3) is 5.44. The number of ether oxygens (including phenoxy) is 1. The molecule has 1 saturated heterocycles. The molecule has 0 spiro atoms. The second kappa shape index (κ2) is 9.20. The summed E-state index contributed by atoms with van der Waals surface area (Å²) in [6.07, 6.45) is 3.76. The Morgan fingerprint density at radius 3 is 2.67 bits per heavy atom. The highest BCUT2D eigenvalue weighted by Crippen LogP contribution is 2.24. The van der Waals surface area contributed by atoms with Crippen molar-refractivity contribution in [2.45, 2.75) is 32.7 Å². The Bertz CT molecular complexity index is 756. The molecule has 2 heterocycles. The Labute approximate surface area is 165 Å². The molecule has 1 aromatic heterocycles. The van der Waals surface area contributed by atoms with Gasteiger partial charge in [-0.1, -0.05) is 23.7 Å². The zero-order valence-electron chi connectivity index (χ0n) is 15.8. The zero-order valence-corrected chi connectivity index (χ0v) is 16.6. The molecule has 3 rings (SSSR count). The first-order valence-electron chi connectivity index (χ1n) is 9.41. The van der Waals surface area contributed by atoms with Crippen molar-refractivity contribution in [1.29, 1.82) is 0 Å². The van der Waals surface area contributed by atoms with Crippen LogP contribution in [0.4, 0.5) is 5.82 Å². The van der Waals surface area contributed by atoms with Gasteiger partial charge in [0.05, 0.1) is 17.2 Å². The number of nitrogens with zero attached hydrogens (tertiary/aromatic N) is 2. The summed E-state index contributed by atoms with van der Waals surface area (Å²) in [7, 11) is 0. The number of anilines is 1. The fourth-order valence-electron chi connectivity index (χ4n) is 3.26. The van der Waals surface area contributed by atoms with Gasteiger partial charge in [0.15, 0.2) is 0 Å². The minimum Gasteiger partial charge on any atom is -0.492 e. The van der Waals surface area contributed by atoms with Gasteiger partial charge in [-0.25, -0.2) is 4.98 Å². The lowest BCUT2D eigenvalue weighted by Gasteiger charge is -2.34. The van der Waals surface area contributed by atoms with Crippen LogP contribution in [0.5, 0.6) is 5.75 Å². The molecule has 6 heteroatoms. The van der Waals surface area contributed by atoms with Crippen molar-refractivity contribution in [1.82, 2.24) is 9.88 Å². The van der Waals surface area contributed by atoms with Gasteiger partial charge < -0.3 is 15.0 Å². The number of carbonyl (C=O) groups excluding carboxylic acids is 1. The molecule has 1 aliphatic rings. The summed E-state index contributed by atoms with van der Waals surface area (Å²) < 4.78 is 6.03. The van der Waals surface area contributed by atoms with Crippen LogP contribution in [0.2, 0.25) is 5.02 Å². The third-order valence-electron chi connectivity index (χ3n) is 4.95. The third-order valence-corrected chi connectivity index (χ3v) is 5.18. The standard InChI is InChI=1S/C21H26ClN3O2/c1-15(2)25-11-9-16(10-12-25)14-27-19-6-4-3-5-18(19)21(26)24-20-8-7-17(22)13-23-20/h3-8,13,15-16H,9-12,14H2,1-2H3,(H,23,24,26). The number of benzene rings is 1. The van der Waals surface area contributed by atoms with Gasteiger partial charge >= 0.3 is 0 Å². The van der Waals surface area contributed by atoms with Crippen molar-refractivity contribution in [2.75, 3.05) is 25.0 Å². The molecule has 2 aromatic rings. The van der Waals surface area contributed by atoms with E-state index in [1.807, 2.05) is 18.2 Å². The van der Waals surface area contributed by atoms with E-state index >= 15 is 0 Å². The molecule has 0 aliphatic carbocycles. The molecule has 144 valence electrons. The first kappa shape index (κ1) is 19.6. The van der Waals surface area contributed by atoms with Gasteiger partial charge in [-0.15, -0.1) is 0 Å². The predicted molar refractivity (Wildman–Crippen MR) is 109 cm³/mol. The molecule has 1 fully saturated rings. The van der Waals surface area contributed by atoms with E-state index in [4.69, 9.17) is 16.3 Å². The molecule has 0 saturated carbocycles. The number of hydrogen-bond acceptors (Lipinski definition) is 4. The summed E-state index contributed by atoms with van der Waals surface area (Å²) in [5.74, 6) is 1.35. The van der Waals surface area contributed by atoms with Crippen molar-refractivity contribution in [3.63, 3.8) is 0 Å². The van der Waals surface area contributed by atoms with E-state index in [-0.39, 0.29) is 5.91 Å². The second-order valence-corrected chi connectivity index (χ2v) is 7.63. The Hall–Kier alpha value is -2.11. The number of likely N-dealkylation sites (tertiary alicyclic amines) is 1. The Balaban J connectivity index is 1.59. The SMILES string of the molecule is CC(C)N1CCC(COc2ccccc2C(=O)Nc2ccc(Cl)cn2)CC1. The van der Waals surface area contributed by atoms with E-state index in [0.29, 0.717) is 40.7 Å². The topological polar surface area (TPSA) is 54.5 Å². The van der Waals surface area contributed by atoms with E-state index < -0.39 is 0 Å². The smallest absolute Gasteiger partial charge is 0.260 e. The number of para-hydroxylation sites is 1. The molecular weight excluding hydrogens is 362 g/mol. The number of aromatic nitrogens is 1. The number of hydrogen-bond donors (Lipinski definition) is 1. The van der Waals surface area contributed by atoms with Gasteiger partial charge in [-0.3, -0.25) is 4.79 Å². The quantitative estimate of drug-likeness (QED) is 0.793. The lowest BCUT2D eigenvalue weighted by Crippen LogP contribution is -2.39. The van der Waals surface area contributed by atoms with E-state index in [2.05, 4.69) is 29.0 Å². The lowest BCUT2D eigenvalue weighted by molar-refractivity contribution is 0.101. The average Bonchev–Trinajstić information content (AvgIpc) is 2.68. The second-order valence-electron chi connectivity index (χ2n) is 7.20. The fraction of sp³-hybridized carbons (Fsp3) is 0.429. The largest absolute Gasteiger partial charge is 0.492 e. The number of pyridine rings is 1. The summed E-state index contributed by atoms with van der Waals surface area (Å²) >= 11 is 5.83.